The van der Waals surface area contributed by atoms with E-state index in [4.69, 9.17) is 0 Å². The maximum Gasteiger partial charge on any atom is 0.129 e. The normalized spacial score (nSPS) is 12.6. The summed E-state index contributed by atoms with van der Waals surface area (Å²) in [6.07, 6.45) is 0.489. The van der Waals surface area contributed by atoms with Crippen LogP contribution in [0, 0.1) is 18.6 Å². The molecule has 19 heavy (non-hydrogen) atoms. The maximum atomic E-state index is 13.7. The fourth-order valence-corrected chi connectivity index (χ4v) is 2.94. The molecular formula is C14H16F2N2S. The van der Waals surface area contributed by atoms with Crippen LogP contribution in [0.1, 0.15) is 29.1 Å². The van der Waals surface area contributed by atoms with Crippen LogP contribution in [0.5, 0.6) is 0 Å². The molecule has 0 aliphatic rings. The van der Waals surface area contributed by atoms with Crippen LogP contribution in [-0.4, -0.2) is 11.5 Å². The van der Waals surface area contributed by atoms with Crippen molar-refractivity contribution in [2.45, 2.75) is 26.3 Å². The summed E-state index contributed by atoms with van der Waals surface area (Å²) in [5.74, 6) is -1.04. The van der Waals surface area contributed by atoms with Crippen molar-refractivity contribution < 1.29 is 8.78 Å². The van der Waals surface area contributed by atoms with E-state index in [1.54, 1.807) is 16.8 Å². The molecule has 2 aromatic rings. The predicted molar refractivity (Wildman–Crippen MR) is 73.3 cm³/mol. The Hall–Kier alpha value is -1.33. The molecule has 2 nitrogen and oxygen atoms in total. The molecule has 0 bridgehead atoms. The highest BCUT2D eigenvalue weighted by atomic mass is 32.1. The molecule has 5 heteroatoms. The highest BCUT2D eigenvalue weighted by Crippen LogP contribution is 2.26. The van der Waals surface area contributed by atoms with Gasteiger partial charge in [-0.15, -0.1) is 11.3 Å². The van der Waals surface area contributed by atoms with Gasteiger partial charge in [-0.2, -0.15) is 0 Å². The second kappa shape index (κ2) is 6.21. The lowest BCUT2D eigenvalue weighted by Gasteiger charge is -2.17. The zero-order chi connectivity index (χ0) is 13.8. The summed E-state index contributed by atoms with van der Waals surface area (Å²) < 4.78 is 26.6. The van der Waals surface area contributed by atoms with Crippen LogP contribution in [0.3, 0.4) is 0 Å². The molecule has 1 heterocycles. The molecule has 1 N–H and O–H groups in total. The van der Waals surface area contributed by atoms with Gasteiger partial charge < -0.3 is 5.32 Å². The van der Waals surface area contributed by atoms with Crippen molar-refractivity contribution in [1.29, 1.82) is 0 Å². The largest absolute Gasteiger partial charge is 0.309 e. The van der Waals surface area contributed by atoms with Crippen molar-refractivity contribution >= 4 is 11.3 Å². The number of aromatic nitrogens is 1. The third kappa shape index (κ3) is 3.36. The Morgan fingerprint density at radius 3 is 2.74 bits per heavy atom. The molecule has 0 fully saturated rings. The molecule has 0 radical (unpaired) electrons. The first-order valence-corrected chi connectivity index (χ1v) is 7.07. The molecule has 0 saturated heterocycles. The highest BCUT2D eigenvalue weighted by molar-refractivity contribution is 7.09. The molecule has 102 valence electrons. The SMILES string of the molecule is CCNC(Cc1ccc(F)cc1F)c1scnc1C. The number of halogens is 2. The van der Waals surface area contributed by atoms with Gasteiger partial charge in [0.1, 0.15) is 11.6 Å². The first kappa shape index (κ1) is 14.1. The lowest BCUT2D eigenvalue weighted by atomic mass is 10.0. The Morgan fingerprint density at radius 1 is 1.37 bits per heavy atom. The molecule has 0 spiro atoms. The van der Waals surface area contributed by atoms with Gasteiger partial charge in [-0.25, -0.2) is 13.8 Å². The number of likely N-dealkylation sites (N-methyl/N-ethyl adjacent to an activating group) is 1. The molecule has 1 aromatic carbocycles. The number of benzene rings is 1. The summed E-state index contributed by atoms with van der Waals surface area (Å²) in [4.78, 5) is 5.33. The van der Waals surface area contributed by atoms with Gasteiger partial charge in [0.05, 0.1) is 11.2 Å². The van der Waals surface area contributed by atoms with Crippen LogP contribution in [-0.2, 0) is 6.42 Å². The third-order valence-corrected chi connectivity index (χ3v) is 4.03. The average Bonchev–Trinajstić information content (AvgIpc) is 2.78. The summed E-state index contributed by atoms with van der Waals surface area (Å²) in [6, 6.07) is 3.74. The minimum Gasteiger partial charge on any atom is -0.309 e. The fourth-order valence-electron chi connectivity index (χ4n) is 2.06. The van der Waals surface area contributed by atoms with Gasteiger partial charge in [0, 0.05) is 17.0 Å². The van der Waals surface area contributed by atoms with Crippen LogP contribution >= 0.6 is 11.3 Å². The topological polar surface area (TPSA) is 24.9 Å². The van der Waals surface area contributed by atoms with E-state index in [1.807, 2.05) is 13.8 Å². The van der Waals surface area contributed by atoms with Crippen LogP contribution in [0.4, 0.5) is 8.78 Å². The van der Waals surface area contributed by atoms with E-state index in [2.05, 4.69) is 10.3 Å². The van der Waals surface area contributed by atoms with Crippen molar-refractivity contribution in [2.75, 3.05) is 6.54 Å². The second-order valence-corrected chi connectivity index (χ2v) is 5.24. The van der Waals surface area contributed by atoms with E-state index in [1.165, 1.54) is 12.1 Å². The standard InChI is InChI=1S/C14H16F2N2S/c1-3-17-13(14-9(2)18-8-19-14)6-10-4-5-11(15)7-12(10)16/h4-5,7-8,13,17H,3,6H2,1-2H3. The number of aryl methyl sites for hydroxylation is 1. The van der Waals surface area contributed by atoms with Crippen LogP contribution < -0.4 is 5.32 Å². The Kier molecular flexibility index (Phi) is 4.61. The molecule has 2 rings (SSSR count). The van der Waals surface area contributed by atoms with E-state index in [-0.39, 0.29) is 6.04 Å². The van der Waals surface area contributed by atoms with E-state index >= 15 is 0 Å². The van der Waals surface area contributed by atoms with Crippen molar-refractivity contribution in [3.8, 4) is 0 Å². The molecule has 1 unspecified atom stereocenters. The number of thiazole rings is 1. The third-order valence-electron chi connectivity index (χ3n) is 2.99. The first-order chi connectivity index (χ1) is 9.11. The summed E-state index contributed by atoms with van der Waals surface area (Å²) in [5.41, 5.74) is 3.26. The molecule has 0 aliphatic carbocycles. The highest BCUT2D eigenvalue weighted by Gasteiger charge is 2.17. The van der Waals surface area contributed by atoms with Crippen LogP contribution in [0.15, 0.2) is 23.7 Å². The molecule has 1 atom stereocenters. The van der Waals surface area contributed by atoms with E-state index in [0.717, 1.165) is 23.2 Å². The predicted octanol–water partition coefficient (Wildman–Crippen LogP) is 3.62. The van der Waals surface area contributed by atoms with Crippen molar-refractivity contribution in [3.05, 3.63) is 51.5 Å². The monoisotopic (exact) mass is 282 g/mol. The van der Waals surface area contributed by atoms with Crippen molar-refractivity contribution in [2.24, 2.45) is 0 Å². The number of rotatable bonds is 5. The number of nitrogens with zero attached hydrogens (tertiary/aromatic N) is 1. The van der Waals surface area contributed by atoms with E-state index in [9.17, 15) is 8.78 Å². The lowest BCUT2D eigenvalue weighted by Crippen LogP contribution is -2.23. The number of hydrogen-bond donors (Lipinski definition) is 1. The smallest absolute Gasteiger partial charge is 0.129 e. The van der Waals surface area contributed by atoms with Gasteiger partial charge >= 0.3 is 0 Å². The number of nitrogens with one attached hydrogen (secondary N) is 1. The summed E-state index contributed by atoms with van der Waals surface area (Å²) in [6.45, 7) is 4.73. The Balaban J connectivity index is 2.24. The summed E-state index contributed by atoms with van der Waals surface area (Å²) in [7, 11) is 0. The molecule has 0 aliphatic heterocycles. The molecular weight excluding hydrogens is 266 g/mol. The summed E-state index contributed by atoms with van der Waals surface area (Å²) in [5, 5.41) is 3.33. The minimum absolute atomic E-state index is 0.0115. The van der Waals surface area contributed by atoms with Crippen LogP contribution in [0.25, 0.3) is 0 Å². The zero-order valence-electron chi connectivity index (χ0n) is 10.9. The van der Waals surface area contributed by atoms with Crippen molar-refractivity contribution in [1.82, 2.24) is 10.3 Å². The number of hydrogen-bond acceptors (Lipinski definition) is 3. The van der Waals surface area contributed by atoms with Gasteiger partial charge in [0.2, 0.25) is 0 Å². The maximum absolute atomic E-state index is 13.7. The fraction of sp³-hybridized carbons (Fsp3) is 0.357. The minimum atomic E-state index is -0.546. The van der Waals surface area contributed by atoms with Crippen LogP contribution in [0.2, 0.25) is 0 Å². The lowest BCUT2D eigenvalue weighted by molar-refractivity contribution is 0.524. The van der Waals surface area contributed by atoms with Gasteiger partial charge in [-0.3, -0.25) is 0 Å². The average molecular weight is 282 g/mol. The van der Waals surface area contributed by atoms with Gasteiger partial charge in [-0.1, -0.05) is 13.0 Å². The Bertz CT molecular complexity index is 554. The molecule has 0 amide bonds. The van der Waals surface area contributed by atoms with E-state index < -0.39 is 11.6 Å². The molecule has 1 aromatic heterocycles. The Morgan fingerprint density at radius 2 is 2.16 bits per heavy atom. The van der Waals surface area contributed by atoms with Gasteiger partial charge in [0.15, 0.2) is 0 Å². The second-order valence-electron chi connectivity index (χ2n) is 4.35. The van der Waals surface area contributed by atoms with Gasteiger partial charge in [0.25, 0.3) is 0 Å². The quantitative estimate of drug-likeness (QED) is 0.906. The Labute approximate surface area is 115 Å². The zero-order valence-corrected chi connectivity index (χ0v) is 11.7. The first-order valence-electron chi connectivity index (χ1n) is 6.19. The van der Waals surface area contributed by atoms with E-state index in [0.29, 0.717) is 12.0 Å². The molecule has 0 saturated carbocycles. The summed E-state index contributed by atoms with van der Waals surface area (Å²) >= 11 is 1.56. The van der Waals surface area contributed by atoms with Gasteiger partial charge in [-0.05, 0) is 31.5 Å². The van der Waals surface area contributed by atoms with Crippen molar-refractivity contribution in [3.63, 3.8) is 0 Å².